The van der Waals surface area contributed by atoms with Crippen LogP contribution in [0.5, 0.6) is 11.5 Å². The average molecular weight is 432 g/mol. The lowest BCUT2D eigenvalue weighted by Crippen LogP contribution is -2.13. The number of anilines is 1. The summed E-state index contributed by atoms with van der Waals surface area (Å²) in [5, 5.41) is 22.6. The van der Waals surface area contributed by atoms with E-state index in [0.29, 0.717) is 21.5 Å². The molecule has 0 aliphatic carbocycles. The van der Waals surface area contributed by atoms with Gasteiger partial charge in [-0.15, -0.1) is 0 Å². The lowest BCUT2D eigenvalue weighted by Gasteiger charge is -2.10. The first-order valence-corrected chi connectivity index (χ1v) is 8.28. The number of ether oxygens (including phenoxy) is 2. The fraction of sp³-hybridized carbons (Fsp3) is 0.111. The molecule has 1 amide bonds. The Labute approximate surface area is 163 Å². The average Bonchev–Trinajstić information content (AvgIpc) is 2.66. The summed E-state index contributed by atoms with van der Waals surface area (Å²) in [6.07, 6.45) is 1.36. The second-order valence-corrected chi connectivity index (χ2v) is 6.01. The second-order valence-electron chi connectivity index (χ2n) is 5.16. The quantitative estimate of drug-likeness (QED) is 0.320. The van der Waals surface area contributed by atoms with Gasteiger partial charge in [-0.05, 0) is 34.1 Å². The number of carbonyl (C=O) groups excluding carboxylic acids is 1. The van der Waals surface area contributed by atoms with Crippen LogP contribution < -0.4 is 14.8 Å². The highest BCUT2D eigenvalue weighted by atomic mass is 79.9. The van der Waals surface area contributed by atoms with Crippen LogP contribution >= 0.6 is 15.9 Å². The van der Waals surface area contributed by atoms with Gasteiger partial charge < -0.3 is 14.8 Å². The molecule has 1 N–H and O–H groups in total. The number of nitrogens with one attached hydrogen (secondary N) is 1. The summed E-state index contributed by atoms with van der Waals surface area (Å²) in [4.78, 5) is 22.6. The van der Waals surface area contributed by atoms with Gasteiger partial charge in [-0.1, -0.05) is 6.07 Å². The Balaban J connectivity index is 2.35. The van der Waals surface area contributed by atoms with E-state index in [4.69, 9.17) is 9.47 Å². The number of carbonyl (C=O) groups is 1. The largest absolute Gasteiger partial charge is 0.496 e. The first-order valence-electron chi connectivity index (χ1n) is 7.48. The number of amides is 1. The molecular formula is C18H14BrN3O5. The van der Waals surface area contributed by atoms with Gasteiger partial charge in [0.1, 0.15) is 23.1 Å². The molecule has 0 aliphatic heterocycles. The van der Waals surface area contributed by atoms with Crippen molar-refractivity contribution in [2.45, 2.75) is 0 Å². The van der Waals surface area contributed by atoms with Gasteiger partial charge >= 0.3 is 0 Å². The Bertz CT molecular complexity index is 966. The first-order chi connectivity index (χ1) is 12.9. The molecule has 2 rings (SSSR count). The normalized spacial score (nSPS) is 10.7. The zero-order valence-corrected chi connectivity index (χ0v) is 15.9. The maximum absolute atomic E-state index is 12.4. The SMILES string of the molecule is COc1cc(OC)c(/C=C(\C#N)C(=O)Nc2cccc([N+](=O)[O-])c2)cc1Br. The number of non-ortho nitro benzene ring substituents is 1. The monoisotopic (exact) mass is 431 g/mol. The molecule has 0 aliphatic rings. The Morgan fingerprint density at radius 1 is 1.26 bits per heavy atom. The highest BCUT2D eigenvalue weighted by Crippen LogP contribution is 2.34. The molecule has 0 fully saturated rings. The summed E-state index contributed by atoms with van der Waals surface area (Å²) >= 11 is 3.34. The predicted octanol–water partition coefficient (Wildman–Crippen LogP) is 3.92. The number of hydrogen-bond acceptors (Lipinski definition) is 6. The molecule has 0 unspecified atom stereocenters. The number of rotatable bonds is 6. The van der Waals surface area contributed by atoms with Crippen molar-refractivity contribution in [3.63, 3.8) is 0 Å². The maximum atomic E-state index is 12.4. The highest BCUT2D eigenvalue weighted by molar-refractivity contribution is 9.10. The predicted molar refractivity (Wildman–Crippen MR) is 103 cm³/mol. The van der Waals surface area contributed by atoms with Crippen molar-refractivity contribution in [2.24, 2.45) is 0 Å². The minimum absolute atomic E-state index is 0.170. The van der Waals surface area contributed by atoms with E-state index in [1.165, 1.54) is 44.6 Å². The third-order valence-electron chi connectivity index (χ3n) is 3.48. The van der Waals surface area contributed by atoms with Crippen LogP contribution in [0.25, 0.3) is 6.08 Å². The first kappa shape index (κ1) is 19.9. The highest BCUT2D eigenvalue weighted by Gasteiger charge is 2.15. The summed E-state index contributed by atoms with van der Waals surface area (Å²) in [6, 6.07) is 10.5. The van der Waals surface area contributed by atoms with E-state index in [9.17, 15) is 20.2 Å². The van der Waals surface area contributed by atoms with Crippen LogP contribution in [-0.2, 0) is 4.79 Å². The third-order valence-corrected chi connectivity index (χ3v) is 4.10. The molecule has 2 aromatic rings. The Morgan fingerprint density at radius 2 is 1.96 bits per heavy atom. The number of halogens is 1. The maximum Gasteiger partial charge on any atom is 0.271 e. The van der Waals surface area contributed by atoms with Crippen LogP contribution in [0.2, 0.25) is 0 Å². The second kappa shape index (κ2) is 8.82. The number of nitriles is 1. The molecule has 0 radical (unpaired) electrons. The van der Waals surface area contributed by atoms with Gasteiger partial charge in [-0.25, -0.2) is 0 Å². The van der Waals surface area contributed by atoms with Gasteiger partial charge in [0.25, 0.3) is 11.6 Å². The molecule has 8 nitrogen and oxygen atoms in total. The van der Waals surface area contributed by atoms with Crippen LogP contribution in [0.15, 0.2) is 46.4 Å². The number of nitro groups is 1. The minimum atomic E-state index is -0.702. The van der Waals surface area contributed by atoms with Gasteiger partial charge in [0, 0.05) is 29.4 Å². The van der Waals surface area contributed by atoms with E-state index in [1.54, 1.807) is 12.1 Å². The summed E-state index contributed by atoms with van der Waals surface area (Å²) in [6.45, 7) is 0. The molecule has 0 heterocycles. The zero-order chi connectivity index (χ0) is 20.0. The lowest BCUT2D eigenvalue weighted by molar-refractivity contribution is -0.384. The van der Waals surface area contributed by atoms with E-state index >= 15 is 0 Å². The molecule has 0 saturated carbocycles. The lowest BCUT2D eigenvalue weighted by atomic mass is 10.1. The molecule has 0 spiro atoms. The van der Waals surface area contributed by atoms with E-state index in [0.717, 1.165) is 0 Å². The number of methoxy groups -OCH3 is 2. The van der Waals surface area contributed by atoms with E-state index in [-0.39, 0.29) is 16.9 Å². The fourth-order valence-electron chi connectivity index (χ4n) is 2.20. The Morgan fingerprint density at radius 3 is 2.56 bits per heavy atom. The van der Waals surface area contributed by atoms with Gasteiger partial charge in [-0.3, -0.25) is 14.9 Å². The van der Waals surface area contributed by atoms with Crippen molar-refractivity contribution >= 4 is 39.3 Å². The van der Waals surface area contributed by atoms with Crippen LogP contribution in [0, 0.1) is 21.4 Å². The molecule has 0 bridgehead atoms. The molecule has 0 aromatic heterocycles. The molecule has 0 saturated heterocycles. The van der Waals surface area contributed by atoms with Gasteiger partial charge in [-0.2, -0.15) is 5.26 Å². The van der Waals surface area contributed by atoms with E-state index < -0.39 is 10.8 Å². The summed E-state index contributed by atoms with van der Waals surface area (Å²) in [5.41, 5.74) is 0.321. The van der Waals surface area contributed by atoms with Crippen LogP contribution in [0.4, 0.5) is 11.4 Å². The van der Waals surface area contributed by atoms with Crippen molar-refractivity contribution in [1.82, 2.24) is 0 Å². The Hall–Kier alpha value is -3.38. The van der Waals surface area contributed by atoms with Crippen LogP contribution in [0.1, 0.15) is 5.56 Å². The van der Waals surface area contributed by atoms with Crippen molar-refractivity contribution in [1.29, 1.82) is 5.26 Å². The van der Waals surface area contributed by atoms with Crippen LogP contribution in [-0.4, -0.2) is 25.1 Å². The summed E-state index contributed by atoms with van der Waals surface area (Å²) in [5.74, 6) is 0.237. The zero-order valence-electron chi connectivity index (χ0n) is 14.4. The van der Waals surface area contributed by atoms with Crippen molar-refractivity contribution in [3.05, 3.63) is 62.1 Å². The molecule has 27 heavy (non-hydrogen) atoms. The molecule has 9 heteroatoms. The number of nitrogens with zero attached hydrogens (tertiary/aromatic N) is 2. The summed E-state index contributed by atoms with van der Waals surface area (Å²) < 4.78 is 11.1. The van der Waals surface area contributed by atoms with Gasteiger partial charge in [0.15, 0.2) is 0 Å². The molecular weight excluding hydrogens is 418 g/mol. The minimum Gasteiger partial charge on any atom is -0.496 e. The molecule has 138 valence electrons. The standard InChI is InChI=1S/C18H14BrN3O5/c1-26-16-9-17(27-2)15(19)7-11(16)6-12(10-20)18(23)21-13-4-3-5-14(8-13)22(24)25/h3-9H,1-2H3,(H,21,23)/b12-6+. The number of nitro benzene ring substituents is 1. The van der Waals surface area contributed by atoms with Gasteiger partial charge in [0.05, 0.1) is 23.6 Å². The summed E-state index contributed by atoms with van der Waals surface area (Å²) in [7, 11) is 2.96. The van der Waals surface area contributed by atoms with E-state index in [1.807, 2.05) is 6.07 Å². The van der Waals surface area contributed by atoms with Gasteiger partial charge in [0.2, 0.25) is 0 Å². The van der Waals surface area contributed by atoms with E-state index in [2.05, 4.69) is 21.2 Å². The van der Waals surface area contributed by atoms with Crippen molar-refractivity contribution < 1.29 is 19.2 Å². The molecule has 2 aromatic carbocycles. The molecule has 0 atom stereocenters. The number of benzene rings is 2. The van der Waals surface area contributed by atoms with Crippen molar-refractivity contribution in [3.8, 4) is 17.6 Å². The number of hydrogen-bond donors (Lipinski definition) is 1. The van der Waals surface area contributed by atoms with Crippen LogP contribution in [0.3, 0.4) is 0 Å². The third kappa shape index (κ3) is 4.83. The Kier molecular flexibility index (Phi) is 6.51. The topological polar surface area (TPSA) is 114 Å². The fourth-order valence-corrected chi connectivity index (χ4v) is 2.72. The smallest absolute Gasteiger partial charge is 0.271 e. The van der Waals surface area contributed by atoms with Crippen molar-refractivity contribution in [2.75, 3.05) is 19.5 Å².